The molecule has 2 saturated carbocycles. The Morgan fingerprint density at radius 3 is 2.26 bits per heavy atom. The van der Waals surface area contributed by atoms with E-state index in [9.17, 15) is 0 Å². The Morgan fingerprint density at radius 1 is 0.882 bits per heavy atom. The molecule has 2 aromatic rings. The molecule has 0 unspecified atom stereocenters. The average molecular weight is 516 g/mol. The number of aromatic nitrogens is 4. The Balaban J connectivity index is 0.00000204. The van der Waals surface area contributed by atoms with E-state index in [0.717, 1.165) is 74.5 Å². The van der Waals surface area contributed by atoms with Gasteiger partial charge in [0.05, 0.1) is 6.33 Å². The van der Waals surface area contributed by atoms with Gasteiger partial charge in [0, 0.05) is 24.7 Å². The minimum Gasteiger partial charge on any atom is -0.368 e. The van der Waals surface area contributed by atoms with Crippen molar-refractivity contribution in [3.8, 4) is 0 Å². The molecule has 34 heavy (non-hydrogen) atoms. The summed E-state index contributed by atoms with van der Waals surface area (Å²) in [5.41, 5.74) is 13.5. The smallest absolute Gasteiger partial charge is 0.227 e. The molecule has 0 saturated heterocycles. The van der Waals surface area contributed by atoms with Crippen LogP contribution in [-0.4, -0.2) is 44.7 Å². The zero-order valence-corrected chi connectivity index (χ0v) is 22.0. The molecule has 2 aromatic heterocycles. The largest absolute Gasteiger partial charge is 0.368 e. The molecule has 2 aliphatic carbocycles. The quantitative estimate of drug-likeness (QED) is 0.288. The van der Waals surface area contributed by atoms with Crippen molar-refractivity contribution in [2.24, 2.45) is 11.5 Å². The predicted molar refractivity (Wildman–Crippen MR) is 146 cm³/mol. The van der Waals surface area contributed by atoms with Crippen molar-refractivity contribution in [3.63, 3.8) is 0 Å². The Bertz CT molecular complexity index is 832. The fourth-order valence-corrected chi connectivity index (χ4v) is 5.18. The number of rotatable bonds is 12. The molecule has 0 amide bonds. The average Bonchev–Trinajstić information content (AvgIpc) is 3.47. The molecule has 2 aliphatic rings. The van der Waals surface area contributed by atoms with Crippen LogP contribution in [0.2, 0.25) is 0 Å². The molecular formula is C24H44Cl2N8. The standard InChI is InChI=1S/C24H42N8.2ClH/c25-15-7-3-1-2-4-8-16-27-22-21-23(32(17-28-21)20-9-5-6-10-20)31-24(30-22)29-19-13-11-18(26)12-14-19;;/h17-20H,1-16,25-26H2,(H2,27,29,30,31);2*1H/t18-,19-;;. The van der Waals surface area contributed by atoms with E-state index in [4.69, 9.17) is 26.4 Å². The third-order valence-corrected chi connectivity index (χ3v) is 7.17. The van der Waals surface area contributed by atoms with Crippen molar-refractivity contribution in [1.82, 2.24) is 19.5 Å². The van der Waals surface area contributed by atoms with Gasteiger partial charge in [0.25, 0.3) is 0 Å². The highest BCUT2D eigenvalue weighted by Crippen LogP contribution is 2.33. The van der Waals surface area contributed by atoms with Gasteiger partial charge < -0.3 is 26.7 Å². The number of imidazole rings is 1. The second kappa shape index (κ2) is 14.9. The summed E-state index contributed by atoms with van der Waals surface area (Å²) in [4.78, 5) is 14.5. The maximum atomic E-state index is 6.09. The Morgan fingerprint density at radius 2 is 1.56 bits per heavy atom. The Labute approximate surface area is 216 Å². The third-order valence-electron chi connectivity index (χ3n) is 7.17. The summed E-state index contributed by atoms with van der Waals surface area (Å²) in [7, 11) is 0. The number of unbranched alkanes of at least 4 members (excludes halogenated alkanes) is 5. The number of halogens is 2. The number of hydrogen-bond acceptors (Lipinski definition) is 7. The Hall–Kier alpha value is -1.35. The first-order valence-electron chi connectivity index (χ1n) is 12.9. The van der Waals surface area contributed by atoms with Gasteiger partial charge in [-0.3, -0.25) is 0 Å². The van der Waals surface area contributed by atoms with E-state index in [2.05, 4.69) is 15.2 Å². The van der Waals surface area contributed by atoms with Crippen molar-refractivity contribution in [2.45, 2.75) is 108 Å². The number of nitrogens with one attached hydrogen (secondary N) is 2. The van der Waals surface area contributed by atoms with Gasteiger partial charge in [-0.2, -0.15) is 9.97 Å². The molecule has 0 aromatic carbocycles. The lowest BCUT2D eigenvalue weighted by atomic mass is 9.92. The van der Waals surface area contributed by atoms with Crippen LogP contribution in [0.5, 0.6) is 0 Å². The Kier molecular flexibility index (Phi) is 12.7. The van der Waals surface area contributed by atoms with E-state index < -0.39 is 0 Å². The lowest BCUT2D eigenvalue weighted by Gasteiger charge is -2.27. The summed E-state index contributed by atoms with van der Waals surface area (Å²) in [5, 5.41) is 7.17. The fraction of sp³-hybridized carbons (Fsp3) is 0.792. The van der Waals surface area contributed by atoms with E-state index in [-0.39, 0.29) is 24.8 Å². The van der Waals surface area contributed by atoms with Crippen LogP contribution in [0.3, 0.4) is 0 Å². The van der Waals surface area contributed by atoms with Crippen LogP contribution in [0.1, 0.15) is 95.9 Å². The van der Waals surface area contributed by atoms with E-state index in [1.807, 2.05) is 6.33 Å². The first-order valence-corrected chi connectivity index (χ1v) is 12.9. The molecule has 0 radical (unpaired) electrons. The van der Waals surface area contributed by atoms with Crippen molar-refractivity contribution >= 4 is 47.7 Å². The first kappa shape index (κ1) is 28.9. The number of fused-ring (bicyclic) bond motifs is 1. The van der Waals surface area contributed by atoms with Gasteiger partial charge >= 0.3 is 0 Å². The van der Waals surface area contributed by atoms with E-state index in [1.165, 1.54) is 51.4 Å². The van der Waals surface area contributed by atoms with Crippen LogP contribution in [0.25, 0.3) is 11.2 Å². The topological polar surface area (TPSA) is 120 Å². The third kappa shape index (κ3) is 7.83. The number of nitrogens with zero attached hydrogens (tertiary/aromatic N) is 4. The molecule has 0 spiro atoms. The molecule has 6 N–H and O–H groups in total. The summed E-state index contributed by atoms with van der Waals surface area (Å²) in [5.74, 6) is 1.59. The normalized spacial score (nSPS) is 20.6. The molecule has 0 aliphatic heterocycles. The van der Waals surface area contributed by atoms with Gasteiger partial charge in [0.15, 0.2) is 17.0 Å². The highest BCUT2D eigenvalue weighted by atomic mass is 35.5. The summed E-state index contributed by atoms with van der Waals surface area (Å²) in [6, 6.07) is 1.25. The summed E-state index contributed by atoms with van der Waals surface area (Å²) in [6.45, 7) is 1.72. The SMILES string of the molecule is Cl.Cl.NCCCCCCCCNc1nc(N[C@H]2CC[C@H](N)CC2)nc2c1ncn2C1CCCC1. The van der Waals surface area contributed by atoms with E-state index >= 15 is 0 Å². The van der Waals surface area contributed by atoms with Crippen molar-refractivity contribution in [1.29, 1.82) is 0 Å². The van der Waals surface area contributed by atoms with Crippen molar-refractivity contribution in [2.75, 3.05) is 23.7 Å². The second-order valence-corrected chi connectivity index (χ2v) is 9.75. The molecule has 0 atom stereocenters. The van der Waals surface area contributed by atoms with Gasteiger partial charge in [-0.05, 0) is 57.9 Å². The van der Waals surface area contributed by atoms with E-state index in [1.54, 1.807) is 0 Å². The van der Waals surface area contributed by atoms with Gasteiger partial charge in [-0.25, -0.2) is 4.98 Å². The molecule has 10 heteroatoms. The van der Waals surface area contributed by atoms with Crippen LogP contribution in [-0.2, 0) is 0 Å². The lowest BCUT2D eigenvalue weighted by Crippen LogP contribution is -2.33. The molecule has 8 nitrogen and oxygen atoms in total. The molecular weight excluding hydrogens is 471 g/mol. The first-order chi connectivity index (χ1) is 15.7. The molecule has 0 bridgehead atoms. The highest BCUT2D eigenvalue weighted by molar-refractivity contribution is 5.86. The molecule has 2 heterocycles. The van der Waals surface area contributed by atoms with E-state index in [0.29, 0.717) is 18.1 Å². The zero-order chi connectivity index (χ0) is 22.2. The summed E-state index contributed by atoms with van der Waals surface area (Å²) in [6.07, 6.45) is 18.6. The van der Waals surface area contributed by atoms with Gasteiger partial charge in [-0.15, -0.1) is 24.8 Å². The highest BCUT2D eigenvalue weighted by Gasteiger charge is 2.23. The van der Waals surface area contributed by atoms with Crippen LogP contribution >= 0.6 is 24.8 Å². The van der Waals surface area contributed by atoms with Crippen LogP contribution in [0, 0.1) is 0 Å². The lowest BCUT2D eigenvalue weighted by molar-refractivity contribution is 0.410. The number of anilines is 2. The summed E-state index contributed by atoms with van der Waals surface area (Å²) < 4.78 is 2.29. The number of hydrogen-bond donors (Lipinski definition) is 4. The molecule has 4 rings (SSSR count). The molecule has 2 fully saturated rings. The summed E-state index contributed by atoms with van der Waals surface area (Å²) >= 11 is 0. The van der Waals surface area contributed by atoms with Crippen LogP contribution in [0.15, 0.2) is 6.33 Å². The van der Waals surface area contributed by atoms with Crippen LogP contribution in [0.4, 0.5) is 11.8 Å². The van der Waals surface area contributed by atoms with Gasteiger partial charge in [0.1, 0.15) is 0 Å². The second-order valence-electron chi connectivity index (χ2n) is 9.75. The van der Waals surface area contributed by atoms with Gasteiger partial charge in [-0.1, -0.05) is 38.5 Å². The number of nitrogens with two attached hydrogens (primary N) is 2. The fourth-order valence-electron chi connectivity index (χ4n) is 5.18. The predicted octanol–water partition coefficient (Wildman–Crippen LogP) is 5.18. The maximum Gasteiger partial charge on any atom is 0.227 e. The van der Waals surface area contributed by atoms with Crippen molar-refractivity contribution < 1.29 is 0 Å². The minimum atomic E-state index is 0. The maximum absolute atomic E-state index is 6.09. The van der Waals surface area contributed by atoms with Crippen LogP contribution < -0.4 is 22.1 Å². The minimum absolute atomic E-state index is 0. The molecule has 194 valence electrons. The van der Waals surface area contributed by atoms with Gasteiger partial charge in [0.2, 0.25) is 5.95 Å². The zero-order valence-electron chi connectivity index (χ0n) is 20.4. The van der Waals surface area contributed by atoms with Crippen molar-refractivity contribution in [3.05, 3.63) is 6.33 Å². The monoisotopic (exact) mass is 514 g/mol.